The van der Waals surface area contributed by atoms with Gasteiger partial charge < -0.3 is 4.74 Å². The van der Waals surface area contributed by atoms with E-state index in [1.165, 1.54) is 7.11 Å². The van der Waals surface area contributed by atoms with E-state index in [4.69, 9.17) is 4.74 Å². The van der Waals surface area contributed by atoms with E-state index in [1.54, 1.807) is 18.2 Å². The van der Waals surface area contributed by atoms with Crippen LogP contribution in [-0.4, -0.2) is 21.8 Å². The average Bonchev–Trinajstić information content (AvgIpc) is 2.14. The smallest absolute Gasteiger partial charge is 0.214 e. The Kier molecular flexibility index (Phi) is 3.77. The molecule has 80 valence electrons. The lowest BCUT2D eigenvalue weighted by atomic mass is 10.2. The van der Waals surface area contributed by atoms with Crippen molar-refractivity contribution in [3.63, 3.8) is 0 Å². The zero-order chi connectivity index (χ0) is 11.5. The Balaban J connectivity index is 3.29. The molecule has 0 spiro atoms. The van der Waals surface area contributed by atoms with Crippen molar-refractivity contribution in [1.29, 1.82) is 0 Å². The van der Waals surface area contributed by atoms with Gasteiger partial charge in [-0.1, -0.05) is 6.07 Å². The molecular weight excluding hydrogens is 280 g/mol. The van der Waals surface area contributed by atoms with Crippen LogP contribution in [0.5, 0.6) is 5.75 Å². The summed E-state index contributed by atoms with van der Waals surface area (Å²) in [6.07, 6.45) is 1.06. The van der Waals surface area contributed by atoms with Gasteiger partial charge in [0.25, 0.3) is 0 Å². The molecule has 0 radical (unpaired) electrons. The molecule has 1 rings (SSSR count). The second kappa shape index (κ2) is 4.69. The van der Waals surface area contributed by atoms with E-state index < -0.39 is 9.84 Å². The van der Waals surface area contributed by atoms with Crippen LogP contribution in [0.3, 0.4) is 0 Å². The molecule has 0 aromatic heterocycles. The molecule has 0 aliphatic rings. The fraction of sp³-hybridized carbons (Fsp3) is 0.200. The summed E-state index contributed by atoms with van der Waals surface area (Å²) in [5, 5.41) is 2.17. The molecule has 0 aliphatic heterocycles. The summed E-state index contributed by atoms with van der Waals surface area (Å²) in [7, 11) is -1.79. The average molecular weight is 289 g/mol. The molecule has 0 N–H and O–H groups in total. The third kappa shape index (κ3) is 3.57. The van der Waals surface area contributed by atoms with Gasteiger partial charge in [0.15, 0.2) is 0 Å². The third-order valence-corrected chi connectivity index (χ3v) is 2.69. The van der Waals surface area contributed by atoms with Crippen molar-refractivity contribution in [3.05, 3.63) is 28.2 Å². The standard InChI is InChI=1S/C10H9BrO3S/c1-14-10-5-3-4-9(11)8(10)6-7-15(2,12)13/h3-5H,1-2H3. The van der Waals surface area contributed by atoms with E-state index in [0.717, 1.165) is 6.26 Å². The normalized spacial score (nSPS) is 10.3. The fourth-order valence-electron chi connectivity index (χ4n) is 0.939. The summed E-state index contributed by atoms with van der Waals surface area (Å²) >= 11 is 3.28. The van der Waals surface area contributed by atoms with Crippen molar-refractivity contribution in [2.45, 2.75) is 0 Å². The molecule has 3 nitrogen and oxygen atoms in total. The molecule has 5 heteroatoms. The SMILES string of the molecule is COc1cccc(Br)c1C#CS(C)(=O)=O. The summed E-state index contributed by atoms with van der Waals surface area (Å²) in [6.45, 7) is 0. The molecule has 0 unspecified atom stereocenters. The number of hydrogen-bond acceptors (Lipinski definition) is 3. The molecule has 0 fully saturated rings. The lowest BCUT2D eigenvalue weighted by Crippen LogP contribution is -1.92. The first-order valence-electron chi connectivity index (χ1n) is 3.99. The van der Waals surface area contributed by atoms with E-state index in [2.05, 4.69) is 27.1 Å². The van der Waals surface area contributed by atoms with Gasteiger partial charge in [-0.25, -0.2) is 8.42 Å². The molecule has 0 atom stereocenters. The topological polar surface area (TPSA) is 43.4 Å². The van der Waals surface area contributed by atoms with Crippen molar-refractivity contribution in [2.75, 3.05) is 13.4 Å². The van der Waals surface area contributed by atoms with Gasteiger partial charge in [0.05, 0.1) is 18.9 Å². The van der Waals surface area contributed by atoms with Crippen LogP contribution < -0.4 is 4.74 Å². The van der Waals surface area contributed by atoms with E-state index >= 15 is 0 Å². The number of hydrogen-bond donors (Lipinski definition) is 0. The summed E-state index contributed by atoms with van der Waals surface area (Å²) in [5.41, 5.74) is 0.533. The Morgan fingerprint density at radius 2 is 2.07 bits per heavy atom. The van der Waals surface area contributed by atoms with Crippen LogP contribution in [0.4, 0.5) is 0 Å². The molecule has 0 amide bonds. The maximum atomic E-state index is 10.9. The van der Waals surface area contributed by atoms with Crippen molar-refractivity contribution in [3.8, 4) is 16.9 Å². The predicted molar refractivity (Wildman–Crippen MR) is 62.4 cm³/mol. The highest BCUT2D eigenvalue weighted by Gasteiger charge is 2.04. The second-order valence-corrected chi connectivity index (χ2v) is 5.42. The van der Waals surface area contributed by atoms with Crippen LogP contribution in [0.2, 0.25) is 0 Å². The minimum Gasteiger partial charge on any atom is -0.495 e. The zero-order valence-corrected chi connectivity index (χ0v) is 10.6. The number of rotatable bonds is 1. The zero-order valence-electron chi connectivity index (χ0n) is 8.24. The first-order chi connectivity index (χ1) is 6.94. The molecule has 15 heavy (non-hydrogen) atoms. The van der Waals surface area contributed by atoms with Crippen LogP contribution in [0.15, 0.2) is 22.7 Å². The van der Waals surface area contributed by atoms with Gasteiger partial charge in [-0.05, 0) is 34.0 Å². The molecule has 0 bridgehead atoms. The molecule has 0 aliphatic carbocycles. The Bertz CT molecular complexity index is 523. The third-order valence-electron chi connectivity index (χ3n) is 1.56. The molecular formula is C10H9BrO3S. The van der Waals surface area contributed by atoms with Crippen molar-refractivity contribution in [1.82, 2.24) is 0 Å². The van der Waals surface area contributed by atoms with Gasteiger partial charge >= 0.3 is 0 Å². The largest absolute Gasteiger partial charge is 0.495 e. The fourth-order valence-corrected chi connectivity index (χ4v) is 1.67. The van der Waals surface area contributed by atoms with Gasteiger partial charge in [0.1, 0.15) is 5.75 Å². The van der Waals surface area contributed by atoms with Crippen molar-refractivity contribution in [2.24, 2.45) is 0 Å². The Morgan fingerprint density at radius 3 is 2.60 bits per heavy atom. The van der Waals surface area contributed by atoms with E-state index in [9.17, 15) is 8.42 Å². The Morgan fingerprint density at radius 1 is 1.40 bits per heavy atom. The first kappa shape index (κ1) is 12.1. The van der Waals surface area contributed by atoms with Gasteiger partial charge in [0, 0.05) is 9.73 Å². The quantitative estimate of drug-likeness (QED) is 0.741. The van der Waals surface area contributed by atoms with E-state index in [1.807, 2.05) is 0 Å². The summed E-state index contributed by atoms with van der Waals surface area (Å²) in [4.78, 5) is 0. The monoisotopic (exact) mass is 288 g/mol. The minimum absolute atomic E-state index is 0.533. The lowest BCUT2D eigenvalue weighted by molar-refractivity contribution is 0.413. The van der Waals surface area contributed by atoms with Gasteiger partial charge in [-0.2, -0.15) is 0 Å². The molecule has 0 saturated heterocycles. The molecule has 1 aromatic rings. The number of sulfone groups is 1. The first-order valence-corrected chi connectivity index (χ1v) is 6.68. The lowest BCUT2D eigenvalue weighted by Gasteiger charge is -2.03. The Labute approximate surface area is 97.5 Å². The Hall–Kier alpha value is -0.990. The highest BCUT2D eigenvalue weighted by Crippen LogP contribution is 2.25. The van der Waals surface area contributed by atoms with Crippen LogP contribution in [0.1, 0.15) is 5.56 Å². The van der Waals surface area contributed by atoms with Gasteiger partial charge in [-0.3, -0.25) is 0 Å². The van der Waals surface area contributed by atoms with Crippen LogP contribution in [0, 0.1) is 11.2 Å². The van der Waals surface area contributed by atoms with E-state index in [0.29, 0.717) is 15.8 Å². The highest BCUT2D eigenvalue weighted by atomic mass is 79.9. The van der Waals surface area contributed by atoms with Crippen molar-refractivity contribution >= 4 is 25.8 Å². The van der Waals surface area contributed by atoms with E-state index in [-0.39, 0.29) is 0 Å². The molecule has 0 heterocycles. The molecule has 1 aromatic carbocycles. The number of benzene rings is 1. The van der Waals surface area contributed by atoms with Gasteiger partial charge in [-0.15, -0.1) is 0 Å². The minimum atomic E-state index is -3.30. The summed E-state index contributed by atoms with van der Waals surface area (Å²) in [5.74, 6) is 3.10. The molecule has 0 saturated carbocycles. The maximum absolute atomic E-state index is 10.9. The van der Waals surface area contributed by atoms with Crippen LogP contribution in [-0.2, 0) is 9.84 Å². The number of methoxy groups -OCH3 is 1. The summed E-state index contributed by atoms with van der Waals surface area (Å²) < 4.78 is 27.5. The van der Waals surface area contributed by atoms with Crippen LogP contribution in [0.25, 0.3) is 0 Å². The number of ether oxygens (including phenoxy) is 1. The highest BCUT2D eigenvalue weighted by molar-refractivity contribution is 9.10. The number of halogens is 1. The maximum Gasteiger partial charge on any atom is 0.214 e. The summed E-state index contributed by atoms with van der Waals surface area (Å²) in [6, 6.07) is 5.28. The second-order valence-electron chi connectivity index (χ2n) is 2.82. The van der Waals surface area contributed by atoms with Crippen molar-refractivity contribution < 1.29 is 13.2 Å². The van der Waals surface area contributed by atoms with Gasteiger partial charge in [0.2, 0.25) is 9.84 Å². The van der Waals surface area contributed by atoms with Crippen LogP contribution >= 0.6 is 15.9 Å². The predicted octanol–water partition coefficient (Wildman–Crippen LogP) is 1.81.